The molecule has 0 atom stereocenters. The smallest absolute Gasteiger partial charge is 1.00 e. The van der Waals surface area contributed by atoms with Crippen LogP contribution >= 0.6 is 0 Å². The zero-order chi connectivity index (χ0) is 11.8. The first-order chi connectivity index (χ1) is 6.12. The van der Waals surface area contributed by atoms with Gasteiger partial charge in [0.05, 0.1) is 0 Å². The van der Waals surface area contributed by atoms with E-state index in [4.69, 9.17) is 0 Å². The summed E-state index contributed by atoms with van der Waals surface area (Å²) < 4.78 is 7.16. The summed E-state index contributed by atoms with van der Waals surface area (Å²) in [5.41, 5.74) is 4.61. The van der Waals surface area contributed by atoms with E-state index in [0.717, 1.165) is 0 Å². The summed E-state index contributed by atoms with van der Waals surface area (Å²) in [5.74, 6) is 0. The molecule has 0 rings (SSSR count). The number of nitrogens with one attached hydrogen (secondary N) is 2. The number of rotatable bonds is 4. The minimum absolute atomic E-state index is 0. The summed E-state index contributed by atoms with van der Waals surface area (Å²) in [6, 6.07) is 0. The fraction of sp³-hybridized carbons (Fsp3) is 1.00. The Hall–Kier alpha value is 2.21. The molecule has 0 spiro atoms. The topological polar surface area (TPSA) is 24.1 Å². The SMILES string of the molecule is [CH3][Ga+][NH][Si](C)(C)C.[CH3][Ga+][NH][Si](C)(C)C.[Cl-].[Cl-]. The summed E-state index contributed by atoms with van der Waals surface area (Å²) >= 11 is -0.00675. The van der Waals surface area contributed by atoms with E-state index >= 15 is 0 Å². The van der Waals surface area contributed by atoms with Crippen molar-refractivity contribution in [3.8, 4) is 0 Å². The molecule has 0 fully saturated rings. The quantitative estimate of drug-likeness (QED) is 0.459. The molecule has 0 aromatic rings. The Bertz CT molecular complexity index is 125. The molecule has 2 N–H and O–H groups in total. The summed E-state index contributed by atoms with van der Waals surface area (Å²) in [5, 5.41) is 0. The molecular weight excluding hydrogens is 391 g/mol. The van der Waals surface area contributed by atoms with Crippen LogP contribution in [0.25, 0.3) is 0 Å². The Labute approximate surface area is 133 Å². The molecule has 16 heavy (non-hydrogen) atoms. The molecule has 0 aliphatic carbocycles. The van der Waals surface area contributed by atoms with Crippen LogP contribution in [0.1, 0.15) is 0 Å². The van der Waals surface area contributed by atoms with E-state index in [9.17, 15) is 0 Å². The number of hydrogen-bond acceptors (Lipinski definition) is 2. The Kier molecular flexibility index (Phi) is 22.8. The van der Waals surface area contributed by atoms with Crippen LogP contribution in [0.5, 0.6) is 0 Å². The molecule has 0 aliphatic heterocycles. The predicted molar refractivity (Wildman–Crippen MR) is 76.2 cm³/mol. The van der Waals surface area contributed by atoms with Gasteiger partial charge in [0.2, 0.25) is 0 Å². The zero-order valence-electron chi connectivity index (χ0n) is 11.9. The van der Waals surface area contributed by atoms with E-state index in [2.05, 4.69) is 57.6 Å². The van der Waals surface area contributed by atoms with Crippen molar-refractivity contribution in [2.75, 3.05) is 0 Å². The average Bonchev–Trinajstić information content (AvgIpc) is 1.81. The fourth-order valence-corrected chi connectivity index (χ4v) is 13.5. The van der Waals surface area contributed by atoms with Gasteiger partial charge in [-0.15, -0.1) is 0 Å². The van der Waals surface area contributed by atoms with Crippen LogP contribution < -0.4 is 32.2 Å². The number of halogens is 2. The first kappa shape index (κ1) is 26.7. The van der Waals surface area contributed by atoms with E-state index in [1.807, 2.05) is 0 Å². The van der Waals surface area contributed by atoms with Crippen molar-refractivity contribution >= 4 is 51.8 Å². The molecule has 2 nitrogen and oxygen atoms in total. The zero-order valence-corrected chi connectivity index (χ0v) is 20.3. The first-order valence-corrected chi connectivity index (χ1v) is 19.5. The van der Waals surface area contributed by atoms with Gasteiger partial charge < -0.3 is 24.8 Å². The van der Waals surface area contributed by atoms with Gasteiger partial charge >= 0.3 is 109 Å². The van der Waals surface area contributed by atoms with Gasteiger partial charge in [-0.25, -0.2) is 0 Å². The van der Waals surface area contributed by atoms with Crippen molar-refractivity contribution in [2.24, 2.45) is 0 Å². The van der Waals surface area contributed by atoms with E-state index < -0.39 is 16.5 Å². The second kappa shape index (κ2) is 13.6. The molecule has 0 heterocycles. The van der Waals surface area contributed by atoms with Gasteiger partial charge in [0, 0.05) is 0 Å². The monoisotopic (exact) mass is 414 g/mol. The predicted octanol–water partition coefficient (Wildman–Crippen LogP) is -3.84. The van der Waals surface area contributed by atoms with Crippen molar-refractivity contribution < 1.29 is 24.8 Å². The van der Waals surface area contributed by atoms with Crippen molar-refractivity contribution in [3.05, 3.63) is 0 Å². The molecule has 0 aromatic carbocycles. The van der Waals surface area contributed by atoms with Crippen LogP contribution in [0.15, 0.2) is 0 Å². The van der Waals surface area contributed by atoms with E-state index in [1.165, 1.54) is 0 Å². The second-order valence-electron chi connectivity index (χ2n) is 5.37. The molecule has 0 saturated heterocycles. The molecule has 0 amide bonds. The van der Waals surface area contributed by atoms with Gasteiger partial charge in [-0.2, -0.15) is 0 Å². The largest absolute Gasteiger partial charge is 1.00 e. The maximum Gasteiger partial charge on any atom is -1.00 e. The van der Waals surface area contributed by atoms with Gasteiger partial charge in [-0.05, 0) is 0 Å². The maximum atomic E-state index is 3.58. The van der Waals surface area contributed by atoms with E-state index in [-0.39, 0.29) is 60.1 Å². The average molecular weight is 417 g/mol. The molecular formula is C8H26Cl2Ga2N2Si2. The molecule has 8 heteroatoms. The molecule has 0 aliphatic rings. The Morgan fingerprint density at radius 3 is 0.812 bits per heavy atom. The van der Waals surface area contributed by atoms with E-state index in [1.54, 1.807) is 0 Å². The third kappa shape index (κ3) is 36.0. The Morgan fingerprint density at radius 2 is 0.812 bits per heavy atom. The van der Waals surface area contributed by atoms with Crippen molar-refractivity contribution in [1.29, 1.82) is 0 Å². The van der Waals surface area contributed by atoms with Crippen LogP contribution in [0.3, 0.4) is 0 Å². The molecule has 0 bridgehead atoms. The van der Waals surface area contributed by atoms with Gasteiger partial charge in [0.25, 0.3) is 0 Å². The molecule has 0 saturated carbocycles. The fourth-order valence-electron chi connectivity index (χ4n) is 0.866. The molecule has 0 radical (unpaired) electrons. The van der Waals surface area contributed by atoms with Crippen LogP contribution in [0, 0.1) is 0 Å². The van der Waals surface area contributed by atoms with Gasteiger partial charge in [0.1, 0.15) is 0 Å². The second-order valence-corrected chi connectivity index (χ2v) is 21.0. The Balaban J connectivity index is -0.0000000800. The van der Waals surface area contributed by atoms with Gasteiger partial charge in [0.15, 0.2) is 0 Å². The normalized spacial score (nSPS) is 9.50. The summed E-state index contributed by atoms with van der Waals surface area (Å²) in [6.07, 6.45) is 0. The van der Waals surface area contributed by atoms with Crippen LogP contribution in [0.4, 0.5) is 0 Å². The van der Waals surface area contributed by atoms with Crippen LogP contribution in [-0.4, -0.2) is 51.8 Å². The van der Waals surface area contributed by atoms with Crippen LogP contribution in [-0.2, 0) is 0 Å². The minimum Gasteiger partial charge on any atom is -1.00 e. The van der Waals surface area contributed by atoms with Crippen LogP contribution in [0.2, 0.25) is 50.2 Å². The van der Waals surface area contributed by atoms with Crippen molar-refractivity contribution in [1.82, 2.24) is 7.38 Å². The van der Waals surface area contributed by atoms with Crippen molar-refractivity contribution in [3.63, 3.8) is 0 Å². The van der Waals surface area contributed by atoms with E-state index in [0.29, 0.717) is 0 Å². The minimum atomic E-state index is -0.838. The molecule has 0 aromatic heterocycles. The van der Waals surface area contributed by atoms with Gasteiger partial charge in [-0.3, -0.25) is 0 Å². The third-order valence-electron chi connectivity index (χ3n) is 1.15. The van der Waals surface area contributed by atoms with Crippen molar-refractivity contribution in [2.45, 2.75) is 50.2 Å². The standard InChI is InChI=1S/2C3H10NSi.2CH3.2ClH.2Ga/c2*1-5(2,3)4;;;;;;/h2*4H,1-3H3;2*1H3;2*1H;;/q2*-1;;;;;2*+2/p-2. The summed E-state index contributed by atoms with van der Waals surface area (Å²) in [6.45, 7) is 14.0. The summed E-state index contributed by atoms with van der Waals surface area (Å²) in [4.78, 5) is 0. The Morgan fingerprint density at radius 1 is 0.625 bits per heavy atom. The number of hydrogen-bond donors (Lipinski definition) is 2. The maximum absolute atomic E-state index is 3.58. The van der Waals surface area contributed by atoms with Gasteiger partial charge in [-0.1, -0.05) is 0 Å². The summed E-state index contributed by atoms with van der Waals surface area (Å²) in [7, 11) is -1.68. The molecule has 96 valence electrons. The first-order valence-electron chi connectivity index (χ1n) is 5.23. The third-order valence-corrected chi connectivity index (χ3v) is 18.0. The molecule has 0 unspecified atom stereocenters.